The Morgan fingerprint density at radius 3 is 2.39 bits per heavy atom. The van der Waals surface area contributed by atoms with Crippen molar-refractivity contribution in [3.63, 3.8) is 0 Å². The van der Waals surface area contributed by atoms with Crippen LogP contribution in [-0.4, -0.2) is 41.6 Å². The van der Waals surface area contributed by atoms with E-state index in [2.05, 4.69) is 28.3 Å². The van der Waals surface area contributed by atoms with Crippen molar-refractivity contribution in [1.29, 1.82) is 0 Å². The molecule has 1 N–H and O–H groups in total. The molecule has 1 saturated heterocycles. The number of piperazine rings is 1. The van der Waals surface area contributed by atoms with Gasteiger partial charge in [-0.25, -0.2) is 4.39 Å². The SMILES string of the molecule is C=C(Nc1cc(Cl)ccc1/C=C/C(=C)N1CCN(Cc2ccc(F)cc2)CC1)OC(C)(C)C. The smallest absolute Gasteiger partial charge is 0.184 e. The van der Waals surface area contributed by atoms with E-state index in [0.717, 1.165) is 55.2 Å². The molecule has 2 aromatic carbocycles. The molecule has 0 atom stereocenters. The first-order valence-corrected chi connectivity index (χ1v) is 11.5. The summed E-state index contributed by atoms with van der Waals surface area (Å²) in [5, 5.41) is 3.85. The van der Waals surface area contributed by atoms with E-state index < -0.39 is 0 Å². The molecule has 0 saturated carbocycles. The third kappa shape index (κ3) is 7.95. The zero-order valence-corrected chi connectivity index (χ0v) is 20.5. The molecule has 1 aliphatic heterocycles. The van der Waals surface area contributed by atoms with Crippen LogP contribution in [0.15, 0.2) is 73.3 Å². The maximum Gasteiger partial charge on any atom is 0.184 e. The number of rotatable bonds is 8. The maximum absolute atomic E-state index is 13.1. The third-order valence-corrected chi connectivity index (χ3v) is 5.51. The van der Waals surface area contributed by atoms with Gasteiger partial charge in [-0.1, -0.05) is 42.5 Å². The largest absolute Gasteiger partial charge is 0.474 e. The van der Waals surface area contributed by atoms with Crippen LogP contribution in [0.1, 0.15) is 31.9 Å². The predicted octanol–water partition coefficient (Wildman–Crippen LogP) is 6.52. The van der Waals surface area contributed by atoms with Gasteiger partial charge in [-0.15, -0.1) is 0 Å². The molecule has 4 nitrogen and oxygen atoms in total. The number of ether oxygens (including phenoxy) is 1. The minimum Gasteiger partial charge on any atom is -0.474 e. The Hall–Kier alpha value is -2.76. The lowest BCUT2D eigenvalue weighted by atomic mass is 10.1. The Balaban J connectivity index is 1.57. The summed E-state index contributed by atoms with van der Waals surface area (Å²) in [6, 6.07) is 12.4. The zero-order chi connectivity index (χ0) is 24.0. The third-order valence-electron chi connectivity index (χ3n) is 5.27. The van der Waals surface area contributed by atoms with Gasteiger partial charge in [0.05, 0.1) is 0 Å². The average molecular weight is 470 g/mol. The second kappa shape index (κ2) is 10.9. The van der Waals surface area contributed by atoms with E-state index in [0.29, 0.717) is 10.9 Å². The van der Waals surface area contributed by atoms with Crippen LogP contribution < -0.4 is 5.32 Å². The number of benzene rings is 2. The molecular formula is C27H33ClFN3O. The Kier molecular flexibility index (Phi) is 8.22. The van der Waals surface area contributed by atoms with Gasteiger partial charge >= 0.3 is 0 Å². The van der Waals surface area contributed by atoms with E-state index in [1.54, 1.807) is 0 Å². The molecule has 0 aromatic heterocycles. The lowest BCUT2D eigenvalue weighted by Gasteiger charge is -2.36. The molecule has 0 spiro atoms. The summed E-state index contributed by atoms with van der Waals surface area (Å²) in [5.41, 5.74) is 3.54. The Morgan fingerprint density at radius 2 is 1.76 bits per heavy atom. The van der Waals surface area contributed by atoms with Crippen molar-refractivity contribution < 1.29 is 9.13 Å². The number of allylic oxidation sites excluding steroid dienone is 1. The predicted molar refractivity (Wildman–Crippen MR) is 136 cm³/mol. The van der Waals surface area contributed by atoms with E-state index in [1.807, 2.05) is 63.3 Å². The lowest BCUT2D eigenvalue weighted by Crippen LogP contribution is -2.44. The minimum absolute atomic E-state index is 0.197. The van der Waals surface area contributed by atoms with Gasteiger partial charge in [-0.05, 0) is 68.8 Å². The molecule has 176 valence electrons. The highest BCUT2D eigenvalue weighted by Gasteiger charge is 2.17. The molecule has 2 aromatic rings. The Bertz CT molecular complexity index is 1000. The first kappa shape index (κ1) is 24.9. The van der Waals surface area contributed by atoms with Crippen LogP contribution in [0.25, 0.3) is 6.08 Å². The van der Waals surface area contributed by atoms with Crippen LogP contribution >= 0.6 is 11.6 Å². The van der Waals surface area contributed by atoms with Gasteiger partial charge in [0.1, 0.15) is 11.4 Å². The first-order chi connectivity index (χ1) is 15.6. The highest BCUT2D eigenvalue weighted by Crippen LogP contribution is 2.26. The van der Waals surface area contributed by atoms with Crippen LogP contribution in [0.2, 0.25) is 5.02 Å². The molecule has 33 heavy (non-hydrogen) atoms. The molecule has 3 rings (SSSR count). The van der Waals surface area contributed by atoms with Crippen LogP contribution in [0, 0.1) is 5.82 Å². The Morgan fingerprint density at radius 1 is 1.09 bits per heavy atom. The van der Waals surface area contributed by atoms with Crippen molar-refractivity contribution in [3.8, 4) is 0 Å². The van der Waals surface area contributed by atoms with Gasteiger partial charge < -0.3 is 15.0 Å². The summed E-state index contributed by atoms with van der Waals surface area (Å²) < 4.78 is 18.9. The molecule has 0 aliphatic carbocycles. The summed E-state index contributed by atoms with van der Waals surface area (Å²) in [6.07, 6.45) is 4.05. The van der Waals surface area contributed by atoms with E-state index in [4.69, 9.17) is 16.3 Å². The standard InChI is InChI=1S/C27H33ClFN3O/c1-20(32-16-14-31(15-17-32)19-22-7-12-25(29)13-8-22)6-9-23-10-11-24(28)18-26(23)30-21(2)33-27(3,4)5/h6-13,18,30H,1-2,14-17,19H2,3-5H3/b9-6+. The minimum atomic E-state index is -0.341. The summed E-state index contributed by atoms with van der Waals surface area (Å²) in [6.45, 7) is 18.6. The first-order valence-electron chi connectivity index (χ1n) is 11.1. The van der Waals surface area contributed by atoms with Gasteiger partial charge in [-0.2, -0.15) is 0 Å². The summed E-state index contributed by atoms with van der Waals surface area (Å²) >= 11 is 6.21. The van der Waals surface area contributed by atoms with Crippen LogP contribution in [-0.2, 0) is 11.3 Å². The fraction of sp³-hybridized carbons (Fsp3) is 0.333. The van der Waals surface area contributed by atoms with E-state index in [-0.39, 0.29) is 11.4 Å². The summed E-state index contributed by atoms with van der Waals surface area (Å²) in [5.74, 6) is 0.271. The van der Waals surface area contributed by atoms with Crippen molar-refractivity contribution in [3.05, 3.63) is 95.2 Å². The van der Waals surface area contributed by atoms with Crippen molar-refractivity contribution in [2.24, 2.45) is 0 Å². The number of anilines is 1. The molecule has 0 bridgehead atoms. The molecule has 1 heterocycles. The van der Waals surface area contributed by atoms with Crippen LogP contribution in [0.4, 0.5) is 10.1 Å². The summed E-state index contributed by atoms with van der Waals surface area (Å²) in [4.78, 5) is 4.66. The van der Waals surface area contributed by atoms with Gasteiger partial charge in [-0.3, -0.25) is 4.90 Å². The number of nitrogens with zero attached hydrogens (tertiary/aromatic N) is 2. The van der Waals surface area contributed by atoms with Crippen molar-refractivity contribution in [2.45, 2.75) is 32.9 Å². The topological polar surface area (TPSA) is 27.7 Å². The van der Waals surface area contributed by atoms with Crippen molar-refractivity contribution in [2.75, 3.05) is 31.5 Å². The fourth-order valence-electron chi connectivity index (χ4n) is 3.66. The van der Waals surface area contributed by atoms with Crippen molar-refractivity contribution >= 4 is 23.4 Å². The second-order valence-corrected chi connectivity index (χ2v) is 9.64. The molecule has 6 heteroatoms. The normalized spacial score (nSPS) is 15.0. The molecule has 0 amide bonds. The zero-order valence-electron chi connectivity index (χ0n) is 19.7. The second-order valence-electron chi connectivity index (χ2n) is 9.21. The van der Waals surface area contributed by atoms with Gasteiger partial charge in [0.25, 0.3) is 0 Å². The number of hydrogen-bond acceptors (Lipinski definition) is 4. The number of nitrogens with one attached hydrogen (secondary N) is 1. The highest BCUT2D eigenvalue weighted by atomic mass is 35.5. The van der Waals surface area contributed by atoms with E-state index in [9.17, 15) is 4.39 Å². The molecule has 0 unspecified atom stereocenters. The van der Waals surface area contributed by atoms with Gasteiger partial charge in [0.2, 0.25) is 0 Å². The average Bonchev–Trinajstić information content (AvgIpc) is 2.74. The Labute approximate surface area is 202 Å². The number of hydrogen-bond donors (Lipinski definition) is 1. The molecule has 1 fully saturated rings. The monoisotopic (exact) mass is 469 g/mol. The maximum atomic E-state index is 13.1. The van der Waals surface area contributed by atoms with E-state index in [1.165, 1.54) is 12.1 Å². The van der Waals surface area contributed by atoms with Crippen LogP contribution in [0.3, 0.4) is 0 Å². The van der Waals surface area contributed by atoms with Gasteiger partial charge in [0.15, 0.2) is 5.88 Å². The fourth-order valence-corrected chi connectivity index (χ4v) is 3.83. The van der Waals surface area contributed by atoms with Crippen molar-refractivity contribution in [1.82, 2.24) is 9.80 Å². The van der Waals surface area contributed by atoms with E-state index >= 15 is 0 Å². The quantitative estimate of drug-likeness (QED) is 0.351. The number of halogens is 2. The molecule has 1 aliphatic rings. The highest BCUT2D eigenvalue weighted by molar-refractivity contribution is 6.31. The molecule has 0 radical (unpaired) electrons. The van der Waals surface area contributed by atoms with Crippen LogP contribution in [0.5, 0.6) is 0 Å². The lowest BCUT2D eigenvalue weighted by molar-refractivity contribution is 0.0565. The summed E-state index contributed by atoms with van der Waals surface area (Å²) in [7, 11) is 0. The van der Waals surface area contributed by atoms with Gasteiger partial charge in [0, 0.05) is 49.1 Å². The molecular weight excluding hydrogens is 437 g/mol.